The summed E-state index contributed by atoms with van der Waals surface area (Å²) in [6, 6.07) is 4.92. The number of amides is 1. The highest BCUT2D eigenvalue weighted by molar-refractivity contribution is 6.04. The molecule has 2 aliphatic carbocycles. The van der Waals surface area contributed by atoms with E-state index in [0.29, 0.717) is 6.42 Å². The summed E-state index contributed by atoms with van der Waals surface area (Å²) in [6.45, 7) is 12.7. The number of fused-ring (bicyclic) bond motifs is 1. The molecule has 11 unspecified atom stereocenters. The average molecular weight is 680 g/mol. The van der Waals surface area contributed by atoms with Gasteiger partial charge in [-0.3, -0.25) is 9.59 Å². The van der Waals surface area contributed by atoms with E-state index in [0.717, 1.165) is 49.2 Å². The van der Waals surface area contributed by atoms with Crippen LogP contribution in [0.3, 0.4) is 0 Å². The first-order chi connectivity index (χ1) is 23.3. The molecule has 5 aliphatic rings. The molecule has 1 aromatic rings. The van der Waals surface area contributed by atoms with Crippen LogP contribution in [0.2, 0.25) is 0 Å². The number of aliphatic hydroxyl groups excluding tert-OH is 1. The van der Waals surface area contributed by atoms with Gasteiger partial charge in [-0.15, -0.1) is 0 Å². The molecule has 1 saturated carbocycles. The number of hydrogen-bond donors (Lipinski definition) is 2. The van der Waals surface area contributed by atoms with Gasteiger partial charge >= 0.3 is 0 Å². The van der Waals surface area contributed by atoms with Gasteiger partial charge in [-0.1, -0.05) is 39.3 Å². The second kappa shape index (κ2) is 14.0. The molecule has 2 saturated heterocycles. The van der Waals surface area contributed by atoms with Crippen LogP contribution >= 0.6 is 0 Å². The highest BCUT2D eigenvalue weighted by Gasteiger charge is 2.55. The van der Waals surface area contributed by atoms with Crippen LogP contribution < -0.4 is 14.8 Å². The summed E-state index contributed by atoms with van der Waals surface area (Å²) in [7, 11) is 5.08. The zero-order valence-corrected chi connectivity index (χ0v) is 30.8. The third-order valence-corrected chi connectivity index (χ3v) is 13.0. The molecule has 1 spiro atoms. The molecule has 270 valence electrons. The van der Waals surface area contributed by atoms with Crippen LogP contribution in [0.25, 0.3) is 0 Å². The molecule has 3 heterocycles. The molecule has 3 aliphatic heterocycles. The molecule has 0 radical (unpaired) electrons. The summed E-state index contributed by atoms with van der Waals surface area (Å²) in [4.78, 5) is 27.3. The number of carbonyl (C=O) groups is 2. The predicted molar refractivity (Wildman–Crippen MR) is 186 cm³/mol. The third kappa shape index (κ3) is 6.44. The first-order valence-corrected chi connectivity index (χ1v) is 18.4. The Labute approximate surface area is 292 Å². The van der Waals surface area contributed by atoms with Crippen molar-refractivity contribution < 1.29 is 38.4 Å². The molecule has 0 bridgehead atoms. The lowest BCUT2D eigenvalue weighted by Gasteiger charge is -2.54. The van der Waals surface area contributed by atoms with E-state index in [9.17, 15) is 14.7 Å². The number of ether oxygens (including phenoxy) is 5. The van der Waals surface area contributed by atoms with Gasteiger partial charge in [0.1, 0.15) is 23.3 Å². The van der Waals surface area contributed by atoms with E-state index < -0.39 is 17.7 Å². The Morgan fingerprint density at radius 3 is 2.29 bits per heavy atom. The van der Waals surface area contributed by atoms with Gasteiger partial charge in [0.25, 0.3) is 5.91 Å². The minimum Gasteiger partial charge on any atom is -0.509 e. The van der Waals surface area contributed by atoms with Gasteiger partial charge in [0, 0.05) is 31.4 Å². The van der Waals surface area contributed by atoms with Gasteiger partial charge in [-0.05, 0) is 99.2 Å². The highest BCUT2D eigenvalue weighted by atomic mass is 16.7. The van der Waals surface area contributed by atoms with Gasteiger partial charge in [-0.2, -0.15) is 0 Å². The van der Waals surface area contributed by atoms with Crippen LogP contribution in [-0.2, 0) is 23.8 Å². The Hall–Kier alpha value is -2.88. The van der Waals surface area contributed by atoms with Crippen molar-refractivity contribution in [2.24, 2.45) is 47.3 Å². The van der Waals surface area contributed by atoms with Gasteiger partial charge in [0.15, 0.2) is 11.6 Å². The maximum atomic E-state index is 14.7. The summed E-state index contributed by atoms with van der Waals surface area (Å²) in [5, 5.41) is 13.8. The normalized spacial score (nSPS) is 40.8. The molecule has 1 amide bonds. The van der Waals surface area contributed by atoms with E-state index in [4.69, 9.17) is 23.7 Å². The fraction of sp³-hybridized carbons (Fsp3) is 0.700. The van der Waals surface area contributed by atoms with Crippen LogP contribution in [0.1, 0.15) is 91.7 Å². The van der Waals surface area contributed by atoms with E-state index in [1.54, 1.807) is 28.3 Å². The summed E-state index contributed by atoms with van der Waals surface area (Å²) in [5.41, 5.74) is 2.42. The van der Waals surface area contributed by atoms with E-state index in [-0.39, 0.29) is 82.8 Å². The maximum absolute atomic E-state index is 14.7. The van der Waals surface area contributed by atoms with E-state index in [1.807, 2.05) is 18.2 Å². The predicted octanol–water partition coefficient (Wildman–Crippen LogP) is 7.11. The molecule has 13 atom stereocenters. The topological polar surface area (TPSA) is 113 Å². The fourth-order valence-electron chi connectivity index (χ4n) is 10.1. The highest BCUT2D eigenvalue weighted by Crippen LogP contribution is 2.55. The van der Waals surface area contributed by atoms with Crippen LogP contribution in [0, 0.1) is 47.3 Å². The zero-order chi connectivity index (χ0) is 35.4. The second-order valence-corrected chi connectivity index (χ2v) is 15.8. The number of hydrogen-bond acceptors (Lipinski definition) is 8. The van der Waals surface area contributed by atoms with E-state index in [1.165, 1.54) is 5.57 Å². The molecule has 3 fully saturated rings. The Kier molecular flexibility index (Phi) is 10.3. The minimum atomic E-state index is -1.03. The second-order valence-electron chi connectivity index (χ2n) is 15.8. The summed E-state index contributed by atoms with van der Waals surface area (Å²) in [6.07, 6.45) is 7.33. The quantitative estimate of drug-likeness (QED) is 0.280. The molecular weight excluding hydrogens is 622 g/mol. The van der Waals surface area contributed by atoms with Crippen molar-refractivity contribution in [2.75, 3.05) is 21.3 Å². The Morgan fingerprint density at radius 2 is 1.67 bits per heavy atom. The van der Waals surface area contributed by atoms with Crippen molar-refractivity contribution in [2.45, 2.75) is 110 Å². The Balaban J connectivity index is 1.32. The summed E-state index contributed by atoms with van der Waals surface area (Å²) >= 11 is 0. The van der Waals surface area contributed by atoms with Gasteiger partial charge in [-0.25, -0.2) is 0 Å². The van der Waals surface area contributed by atoms with Crippen molar-refractivity contribution in [3.63, 3.8) is 0 Å². The average Bonchev–Trinajstić information content (AvgIpc) is 3.35. The SMILES string of the molecule is COc1cc(OC)cc(C2OC3(CCC2C)OC(C[C@@H]2C(C)=CC4CCC(OC)C(C)C4[C@H]2C(=O)C2NC(=O)C(C)=C2O)C(C)CC3C)c1. The Morgan fingerprint density at radius 1 is 0.980 bits per heavy atom. The van der Waals surface area contributed by atoms with Crippen LogP contribution in [0.4, 0.5) is 0 Å². The van der Waals surface area contributed by atoms with Crippen LogP contribution in [0.5, 0.6) is 11.5 Å². The molecule has 0 aromatic heterocycles. The standard InChI is InChI=1S/C40H57NO8/c1-20-12-13-40(49-38(20)27-16-28(45-7)18-29(17-27)46-8)23(4)14-22(3)32(48-40)19-30-21(2)15-26-10-11-31(47-9)24(5)33(26)34(30)37(43)35-36(42)25(6)39(44)41-35/h15-18,20,22-24,26,30-35,38,42H,10-14,19H2,1-9H3,(H,41,44)/t20?,22?,23?,24?,26?,30-,31?,32?,33?,34+,35?,38?,40?/m1/s1. The fourth-order valence-corrected chi connectivity index (χ4v) is 10.1. The van der Waals surface area contributed by atoms with E-state index >= 15 is 0 Å². The van der Waals surface area contributed by atoms with Crippen molar-refractivity contribution in [3.05, 3.63) is 46.7 Å². The molecule has 9 heteroatoms. The first kappa shape index (κ1) is 35.9. The summed E-state index contributed by atoms with van der Waals surface area (Å²) in [5.74, 6) is 0.600. The lowest BCUT2D eigenvalue weighted by Crippen LogP contribution is -2.56. The molecule has 9 nitrogen and oxygen atoms in total. The Bertz CT molecular complexity index is 1460. The number of methoxy groups -OCH3 is 3. The first-order valence-electron chi connectivity index (χ1n) is 18.4. The number of Topliss-reactive ketones (excluding diaryl/α,β-unsaturated/α-hetero) is 1. The molecule has 6 rings (SSSR count). The van der Waals surface area contributed by atoms with Crippen molar-refractivity contribution in [1.29, 1.82) is 0 Å². The number of benzene rings is 1. The third-order valence-electron chi connectivity index (χ3n) is 13.0. The smallest absolute Gasteiger partial charge is 0.251 e. The van der Waals surface area contributed by atoms with Gasteiger partial charge in [0.2, 0.25) is 0 Å². The number of carbonyl (C=O) groups excluding carboxylic acids is 2. The molecule has 2 N–H and O–H groups in total. The molecule has 49 heavy (non-hydrogen) atoms. The number of nitrogens with one attached hydrogen (secondary N) is 1. The summed E-state index contributed by atoms with van der Waals surface area (Å²) < 4.78 is 31.5. The van der Waals surface area contributed by atoms with Gasteiger partial charge in [0.05, 0.1) is 38.1 Å². The number of allylic oxidation sites excluding steroid dienone is 2. The molecule has 1 aromatic carbocycles. The lowest BCUT2D eigenvalue weighted by atomic mass is 9.55. The maximum Gasteiger partial charge on any atom is 0.251 e. The monoisotopic (exact) mass is 679 g/mol. The van der Waals surface area contributed by atoms with Gasteiger partial charge < -0.3 is 34.1 Å². The largest absolute Gasteiger partial charge is 0.509 e. The van der Waals surface area contributed by atoms with Crippen molar-refractivity contribution >= 4 is 11.7 Å². The number of rotatable bonds is 8. The number of ketones is 1. The zero-order valence-electron chi connectivity index (χ0n) is 30.8. The van der Waals surface area contributed by atoms with Crippen LogP contribution in [0.15, 0.2) is 41.2 Å². The minimum absolute atomic E-state index is 0.0245. The molecular formula is C40H57NO8. The van der Waals surface area contributed by atoms with Crippen molar-refractivity contribution in [1.82, 2.24) is 5.32 Å². The van der Waals surface area contributed by atoms with E-state index in [2.05, 4.69) is 46.0 Å². The number of aliphatic hydroxyl groups is 1. The van der Waals surface area contributed by atoms with Crippen LogP contribution in [-0.4, -0.2) is 62.2 Å². The van der Waals surface area contributed by atoms with Crippen molar-refractivity contribution in [3.8, 4) is 11.5 Å². The lowest BCUT2D eigenvalue weighted by molar-refractivity contribution is -0.356.